The van der Waals surface area contributed by atoms with Crippen molar-refractivity contribution in [3.05, 3.63) is 65.0 Å². The smallest absolute Gasteiger partial charge is 0.282 e. The normalized spacial score (nSPS) is 15.3. The second-order valence-corrected chi connectivity index (χ2v) is 9.98. The van der Waals surface area contributed by atoms with Crippen molar-refractivity contribution < 1.29 is 16.8 Å². The maximum atomic E-state index is 12.8. The molecule has 1 aliphatic rings. The van der Waals surface area contributed by atoms with Crippen molar-refractivity contribution in [1.82, 2.24) is 4.98 Å². The molecule has 7 nitrogen and oxygen atoms in total. The van der Waals surface area contributed by atoms with Crippen molar-refractivity contribution in [1.29, 1.82) is 0 Å². The molecule has 0 saturated carbocycles. The quantitative estimate of drug-likeness (QED) is 0.708. The monoisotopic (exact) mass is 415 g/mol. The maximum Gasteiger partial charge on any atom is 0.285 e. The molecule has 9 heteroatoms. The summed E-state index contributed by atoms with van der Waals surface area (Å²) < 4.78 is 55.0. The molecule has 0 aliphatic carbocycles. The predicted octanol–water partition coefficient (Wildman–Crippen LogP) is 2.76. The highest BCUT2D eigenvalue weighted by Gasteiger charge is 2.34. The fourth-order valence-corrected chi connectivity index (χ4v) is 5.45. The molecule has 0 radical (unpaired) electrons. The number of sulfonamides is 2. The first-order valence-corrected chi connectivity index (χ1v) is 11.7. The van der Waals surface area contributed by atoms with Gasteiger partial charge in [0.05, 0.1) is 17.6 Å². The summed E-state index contributed by atoms with van der Waals surface area (Å²) in [6.07, 6.45) is 0.966. The lowest BCUT2D eigenvalue weighted by Crippen LogP contribution is -2.13. The minimum absolute atomic E-state index is 0.0195. The standard InChI is InChI=1S/C19H17N3O4S2/c1-11-13-7-4-5-8-14(13)12(2)20-17(11)18-15-9-6-10-16(21-27(3,23)24)19(15)28(25,26)22-18/h4-10,21H,1-3H3. The molecule has 0 unspecified atom stereocenters. The number of pyridine rings is 1. The van der Waals surface area contributed by atoms with Gasteiger partial charge < -0.3 is 0 Å². The number of anilines is 1. The number of nitrogens with one attached hydrogen (secondary N) is 1. The van der Waals surface area contributed by atoms with Gasteiger partial charge in [0.2, 0.25) is 10.0 Å². The van der Waals surface area contributed by atoms with Crippen molar-refractivity contribution in [3.63, 3.8) is 0 Å². The van der Waals surface area contributed by atoms with E-state index < -0.39 is 20.0 Å². The zero-order valence-corrected chi connectivity index (χ0v) is 17.0. The van der Waals surface area contributed by atoms with Gasteiger partial charge in [-0.3, -0.25) is 9.71 Å². The fourth-order valence-electron chi connectivity index (χ4n) is 3.46. The van der Waals surface area contributed by atoms with E-state index in [1.54, 1.807) is 12.1 Å². The van der Waals surface area contributed by atoms with Crippen LogP contribution in [-0.2, 0) is 20.0 Å². The summed E-state index contributed by atoms with van der Waals surface area (Å²) in [4.78, 5) is 4.47. The van der Waals surface area contributed by atoms with Gasteiger partial charge in [-0.25, -0.2) is 8.42 Å². The Hall–Kier alpha value is -2.78. The molecular weight excluding hydrogens is 398 g/mol. The van der Waals surface area contributed by atoms with E-state index >= 15 is 0 Å². The Morgan fingerprint density at radius 1 is 0.964 bits per heavy atom. The highest BCUT2D eigenvalue weighted by molar-refractivity contribution is 7.92. The van der Waals surface area contributed by atoms with Crippen molar-refractivity contribution in [2.75, 3.05) is 11.0 Å². The molecule has 1 aliphatic heterocycles. The topological polar surface area (TPSA) is 106 Å². The Bertz CT molecular complexity index is 1390. The fraction of sp³-hybridized carbons (Fsp3) is 0.158. The first-order chi connectivity index (χ1) is 13.1. The molecule has 0 saturated heterocycles. The third-order valence-corrected chi connectivity index (χ3v) is 6.58. The first kappa shape index (κ1) is 18.6. The van der Waals surface area contributed by atoms with Crippen LogP contribution >= 0.6 is 0 Å². The molecule has 144 valence electrons. The maximum absolute atomic E-state index is 12.8. The molecule has 2 heterocycles. The van der Waals surface area contributed by atoms with Crippen molar-refractivity contribution in [2.24, 2.45) is 4.40 Å². The number of nitrogens with zero attached hydrogens (tertiary/aromatic N) is 2. The summed E-state index contributed by atoms with van der Waals surface area (Å²) in [5, 5.41) is 1.95. The van der Waals surface area contributed by atoms with Gasteiger partial charge in [0.1, 0.15) is 10.6 Å². The van der Waals surface area contributed by atoms with Crippen molar-refractivity contribution in [2.45, 2.75) is 18.7 Å². The highest BCUT2D eigenvalue weighted by atomic mass is 32.2. The molecule has 2 aromatic carbocycles. The molecule has 4 rings (SSSR count). The van der Waals surface area contributed by atoms with Gasteiger partial charge in [-0.15, -0.1) is 0 Å². The number of aromatic nitrogens is 1. The van der Waals surface area contributed by atoms with E-state index in [9.17, 15) is 16.8 Å². The van der Waals surface area contributed by atoms with Crippen molar-refractivity contribution in [3.8, 4) is 0 Å². The third-order valence-electron chi connectivity index (χ3n) is 4.61. The van der Waals surface area contributed by atoms with E-state index in [-0.39, 0.29) is 16.3 Å². The van der Waals surface area contributed by atoms with E-state index in [4.69, 9.17) is 0 Å². The largest absolute Gasteiger partial charge is 0.285 e. The summed E-state index contributed by atoms with van der Waals surface area (Å²) in [6, 6.07) is 12.4. The van der Waals surface area contributed by atoms with Crippen LogP contribution in [0.25, 0.3) is 10.8 Å². The molecule has 0 spiro atoms. The Morgan fingerprint density at radius 2 is 1.64 bits per heavy atom. The van der Waals surface area contributed by atoms with Crippen LogP contribution in [0.15, 0.2) is 51.8 Å². The zero-order chi connectivity index (χ0) is 20.3. The van der Waals surface area contributed by atoms with Crippen LogP contribution in [0.4, 0.5) is 5.69 Å². The third kappa shape index (κ3) is 2.96. The van der Waals surface area contributed by atoms with E-state index in [0.717, 1.165) is 28.3 Å². The van der Waals surface area contributed by atoms with Crippen LogP contribution in [0.3, 0.4) is 0 Å². The molecule has 0 bridgehead atoms. The molecule has 1 N–H and O–H groups in total. The Kier molecular flexibility index (Phi) is 4.06. The summed E-state index contributed by atoms with van der Waals surface area (Å²) >= 11 is 0. The number of hydrogen-bond acceptors (Lipinski definition) is 5. The number of fused-ring (bicyclic) bond motifs is 2. The van der Waals surface area contributed by atoms with Crippen LogP contribution in [-0.4, -0.2) is 33.8 Å². The predicted molar refractivity (Wildman–Crippen MR) is 109 cm³/mol. The summed E-state index contributed by atoms with van der Waals surface area (Å²) in [6.45, 7) is 3.73. The summed E-state index contributed by atoms with van der Waals surface area (Å²) in [5.74, 6) is 0. The van der Waals surface area contributed by atoms with Crippen LogP contribution in [0.1, 0.15) is 22.5 Å². The SMILES string of the molecule is Cc1nc(C2=NS(=O)(=O)c3c(NS(C)(=O)=O)cccc32)c(C)c2ccccc12. The van der Waals surface area contributed by atoms with E-state index in [1.165, 1.54) is 6.07 Å². The van der Waals surface area contributed by atoms with E-state index in [2.05, 4.69) is 14.1 Å². The lowest BCUT2D eigenvalue weighted by Gasteiger charge is -2.12. The second-order valence-electron chi connectivity index (χ2n) is 6.69. The van der Waals surface area contributed by atoms with Gasteiger partial charge in [0.15, 0.2) is 0 Å². The molecule has 0 fully saturated rings. The first-order valence-electron chi connectivity index (χ1n) is 8.41. The number of hydrogen-bond donors (Lipinski definition) is 1. The number of benzene rings is 2. The van der Waals surface area contributed by atoms with Crippen LogP contribution < -0.4 is 4.72 Å². The number of rotatable bonds is 3. The molecule has 28 heavy (non-hydrogen) atoms. The van der Waals surface area contributed by atoms with Gasteiger partial charge in [-0.2, -0.15) is 12.8 Å². The molecule has 3 aromatic rings. The van der Waals surface area contributed by atoms with Gasteiger partial charge in [-0.1, -0.05) is 36.4 Å². The zero-order valence-electron chi connectivity index (χ0n) is 15.4. The summed E-state index contributed by atoms with van der Waals surface area (Å²) in [5.41, 5.74) is 2.57. The van der Waals surface area contributed by atoms with E-state index in [0.29, 0.717) is 11.3 Å². The van der Waals surface area contributed by atoms with Gasteiger partial charge in [0, 0.05) is 16.6 Å². The van der Waals surface area contributed by atoms with Crippen LogP contribution in [0.5, 0.6) is 0 Å². The molecular formula is C19H17N3O4S2. The van der Waals surface area contributed by atoms with Crippen LogP contribution in [0.2, 0.25) is 0 Å². The molecule has 0 amide bonds. The molecule has 1 aromatic heterocycles. The molecule has 0 atom stereocenters. The Labute approximate surface area is 163 Å². The van der Waals surface area contributed by atoms with Gasteiger partial charge >= 0.3 is 0 Å². The highest BCUT2D eigenvalue weighted by Crippen LogP contribution is 2.36. The second kappa shape index (κ2) is 6.11. The van der Waals surface area contributed by atoms with Gasteiger partial charge in [0.25, 0.3) is 10.0 Å². The average Bonchev–Trinajstić information content (AvgIpc) is 2.89. The summed E-state index contributed by atoms with van der Waals surface area (Å²) in [7, 11) is -7.72. The van der Waals surface area contributed by atoms with Crippen LogP contribution in [0, 0.1) is 13.8 Å². The van der Waals surface area contributed by atoms with E-state index in [1.807, 2.05) is 38.1 Å². The van der Waals surface area contributed by atoms with Crippen molar-refractivity contribution >= 4 is 42.2 Å². The average molecular weight is 415 g/mol. The number of aryl methyl sites for hydroxylation is 2. The lowest BCUT2D eigenvalue weighted by molar-refractivity contribution is 0.599. The Morgan fingerprint density at radius 3 is 2.32 bits per heavy atom. The Balaban J connectivity index is 2.00. The minimum Gasteiger partial charge on any atom is -0.282 e. The minimum atomic E-state index is -4.07. The van der Waals surface area contributed by atoms with Gasteiger partial charge in [-0.05, 0) is 30.9 Å². The lowest BCUT2D eigenvalue weighted by atomic mass is 9.97.